The maximum Gasteiger partial charge on any atom is 0.166 e. The Balaban J connectivity index is 2.62. The molecule has 0 radical (unpaired) electrons. The second-order valence-corrected chi connectivity index (χ2v) is 5.14. The number of hydrogen-bond acceptors (Lipinski definition) is 3. The molecule has 5 heteroatoms. The van der Waals surface area contributed by atoms with E-state index in [2.05, 4.69) is 0 Å². The number of phenols is 1. The summed E-state index contributed by atoms with van der Waals surface area (Å²) in [5, 5.41) is 10.2. The normalized spacial score (nSPS) is 18.3. The van der Waals surface area contributed by atoms with Crippen molar-refractivity contribution >= 4 is 0 Å². The van der Waals surface area contributed by atoms with Crippen molar-refractivity contribution in [3.63, 3.8) is 0 Å². The molecule has 0 atom stereocenters. The molecule has 1 aliphatic carbocycles. The Morgan fingerprint density at radius 3 is 2.47 bits per heavy atom. The van der Waals surface area contributed by atoms with Crippen LogP contribution >= 0.6 is 0 Å². The monoisotopic (exact) mass is 271 g/mol. The highest BCUT2D eigenvalue weighted by molar-refractivity contribution is 5.51. The van der Waals surface area contributed by atoms with Crippen molar-refractivity contribution in [1.82, 2.24) is 0 Å². The van der Waals surface area contributed by atoms with Crippen LogP contribution in [0.5, 0.6) is 11.5 Å². The Morgan fingerprint density at radius 1 is 1.32 bits per heavy atom. The van der Waals surface area contributed by atoms with Crippen molar-refractivity contribution in [2.24, 2.45) is 5.73 Å². The summed E-state index contributed by atoms with van der Waals surface area (Å²) in [6.45, 7) is 0.185. The van der Waals surface area contributed by atoms with Crippen LogP contribution in [0.3, 0.4) is 0 Å². The number of phenolic OH excluding ortho intramolecular Hbond substituents is 1. The lowest BCUT2D eigenvalue weighted by atomic mass is 9.69. The van der Waals surface area contributed by atoms with Crippen LogP contribution in [0.1, 0.15) is 37.7 Å². The summed E-state index contributed by atoms with van der Waals surface area (Å²) in [6.07, 6.45) is 4.15. The molecule has 0 aromatic heterocycles. The molecule has 0 spiro atoms. The number of ether oxygens (including phenoxy) is 1. The van der Waals surface area contributed by atoms with Crippen LogP contribution in [0.15, 0.2) is 6.07 Å². The highest BCUT2D eigenvalue weighted by atomic mass is 19.2. The third kappa shape index (κ3) is 2.27. The lowest BCUT2D eigenvalue weighted by molar-refractivity contribution is 0.270. The average molecular weight is 271 g/mol. The molecule has 2 rings (SSSR count). The van der Waals surface area contributed by atoms with E-state index in [1.165, 1.54) is 7.11 Å². The molecule has 1 saturated carbocycles. The lowest BCUT2D eigenvalue weighted by Gasteiger charge is -2.37. The molecule has 3 N–H and O–H groups in total. The molecule has 1 aromatic rings. The predicted octanol–water partition coefficient (Wildman–Crippen LogP) is 2.84. The van der Waals surface area contributed by atoms with E-state index in [-0.39, 0.29) is 23.6 Å². The first-order valence-corrected chi connectivity index (χ1v) is 6.51. The average Bonchev–Trinajstić information content (AvgIpc) is 2.44. The zero-order valence-electron chi connectivity index (χ0n) is 11.0. The van der Waals surface area contributed by atoms with Crippen molar-refractivity contribution < 1.29 is 18.6 Å². The van der Waals surface area contributed by atoms with E-state index < -0.39 is 17.0 Å². The third-order valence-electron chi connectivity index (χ3n) is 4.11. The van der Waals surface area contributed by atoms with E-state index >= 15 is 0 Å². The van der Waals surface area contributed by atoms with E-state index in [0.717, 1.165) is 25.3 Å². The summed E-state index contributed by atoms with van der Waals surface area (Å²) in [5.74, 6) is -2.39. The van der Waals surface area contributed by atoms with Crippen molar-refractivity contribution in [3.8, 4) is 11.5 Å². The standard InChI is InChI=1S/C14H19F2NO2/c1-19-10-7-9(15)12(16)11(13(10)18)14(8-17)5-3-2-4-6-14/h7,18H,2-6,8,17H2,1H3. The maximum atomic E-state index is 14.1. The summed E-state index contributed by atoms with van der Waals surface area (Å²) < 4.78 is 32.7. The Labute approximate surface area is 111 Å². The first-order chi connectivity index (χ1) is 9.05. The van der Waals surface area contributed by atoms with Gasteiger partial charge >= 0.3 is 0 Å². The summed E-state index contributed by atoms with van der Waals surface area (Å²) in [6, 6.07) is 0.862. The van der Waals surface area contributed by atoms with Gasteiger partial charge in [-0.2, -0.15) is 0 Å². The first kappa shape index (κ1) is 14.1. The Hall–Kier alpha value is -1.36. The van der Waals surface area contributed by atoms with Crippen molar-refractivity contribution in [2.75, 3.05) is 13.7 Å². The maximum absolute atomic E-state index is 14.1. The van der Waals surface area contributed by atoms with Gasteiger partial charge in [0.25, 0.3) is 0 Å². The number of rotatable bonds is 3. The van der Waals surface area contributed by atoms with Gasteiger partial charge in [0.05, 0.1) is 7.11 Å². The minimum Gasteiger partial charge on any atom is -0.504 e. The zero-order valence-corrected chi connectivity index (χ0v) is 11.0. The quantitative estimate of drug-likeness (QED) is 0.888. The van der Waals surface area contributed by atoms with Gasteiger partial charge in [-0.05, 0) is 12.8 Å². The lowest BCUT2D eigenvalue weighted by Crippen LogP contribution is -2.38. The fourth-order valence-electron chi connectivity index (χ4n) is 3.02. The molecule has 0 aliphatic heterocycles. The van der Waals surface area contributed by atoms with Gasteiger partial charge in [0.2, 0.25) is 0 Å². The molecule has 0 heterocycles. The van der Waals surface area contributed by atoms with Crippen LogP contribution in [-0.4, -0.2) is 18.8 Å². The second kappa shape index (κ2) is 5.33. The van der Waals surface area contributed by atoms with E-state index in [1.54, 1.807) is 0 Å². The van der Waals surface area contributed by atoms with Gasteiger partial charge < -0.3 is 15.6 Å². The second-order valence-electron chi connectivity index (χ2n) is 5.14. The van der Waals surface area contributed by atoms with Crippen LogP contribution in [0.25, 0.3) is 0 Å². The zero-order chi connectivity index (χ0) is 14.0. The summed E-state index contributed by atoms with van der Waals surface area (Å²) >= 11 is 0. The van der Waals surface area contributed by atoms with Gasteiger partial charge in [-0.25, -0.2) is 8.78 Å². The van der Waals surface area contributed by atoms with Crippen LogP contribution in [0, 0.1) is 11.6 Å². The molecule has 0 unspecified atom stereocenters. The molecule has 3 nitrogen and oxygen atoms in total. The van der Waals surface area contributed by atoms with Crippen molar-refractivity contribution in [3.05, 3.63) is 23.3 Å². The van der Waals surface area contributed by atoms with Gasteiger partial charge in [0, 0.05) is 23.6 Å². The summed E-state index contributed by atoms with van der Waals surface area (Å²) in [7, 11) is 1.31. The van der Waals surface area contributed by atoms with Crippen LogP contribution in [-0.2, 0) is 5.41 Å². The largest absolute Gasteiger partial charge is 0.504 e. The van der Waals surface area contributed by atoms with E-state index in [0.29, 0.717) is 12.8 Å². The molecule has 1 aromatic carbocycles. The number of aromatic hydroxyl groups is 1. The molecule has 0 amide bonds. The van der Waals surface area contributed by atoms with Crippen LogP contribution in [0.4, 0.5) is 8.78 Å². The number of nitrogens with two attached hydrogens (primary N) is 1. The van der Waals surface area contributed by atoms with Gasteiger partial charge in [-0.3, -0.25) is 0 Å². The van der Waals surface area contributed by atoms with Gasteiger partial charge in [0.1, 0.15) is 0 Å². The van der Waals surface area contributed by atoms with Crippen molar-refractivity contribution in [1.29, 1.82) is 0 Å². The summed E-state index contributed by atoms with van der Waals surface area (Å²) in [4.78, 5) is 0. The Bertz CT molecular complexity index is 471. The fourth-order valence-corrected chi connectivity index (χ4v) is 3.02. The van der Waals surface area contributed by atoms with Gasteiger partial charge in [0.15, 0.2) is 23.1 Å². The first-order valence-electron chi connectivity index (χ1n) is 6.51. The SMILES string of the molecule is COc1cc(F)c(F)c(C2(CN)CCCCC2)c1O. The van der Waals surface area contributed by atoms with Crippen LogP contribution < -0.4 is 10.5 Å². The molecular formula is C14H19F2NO2. The van der Waals surface area contributed by atoms with Crippen LogP contribution in [0.2, 0.25) is 0 Å². The van der Waals surface area contributed by atoms with Gasteiger partial charge in [-0.1, -0.05) is 19.3 Å². The molecule has 1 aliphatic rings. The summed E-state index contributed by atoms with van der Waals surface area (Å²) in [5.41, 5.74) is 5.09. The minimum atomic E-state index is -1.01. The molecule has 0 bridgehead atoms. The van der Waals surface area contributed by atoms with E-state index in [9.17, 15) is 13.9 Å². The molecule has 1 fully saturated rings. The minimum absolute atomic E-state index is 0.0217. The smallest absolute Gasteiger partial charge is 0.166 e. The molecule has 19 heavy (non-hydrogen) atoms. The number of hydrogen-bond donors (Lipinski definition) is 2. The van der Waals surface area contributed by atoms with Gasteiger partial charge in [-0.15, -0.1) is 0 Å². The Kier molecular flexibility index (Phi) is 3.94. The highest BCUT2D eigenvalue weighted by Crippen LogP contribution is 2.47. The number of methoxy groups -OCH3 is 1. The van der Waals surface area contributed by atoms with Crippen molar-refractivity contribution in [2.45, 2.75) is 37.5 Å². The molecular weight excluding hydrogens is 252 g/mol. The predicted molar refractivity (Wildman–Crippen MR) is 68.4 cm³/mol. The third-order valence-corrected chi connectivity index (χ3v) is 4.11. The van der Waals surface area contributed by atoms with E-state index in [4.69, 9.17) is 10.5 Å². The topological polar surface area (TPSA) is 55.5 Å². The highest BCUT2D eigenvalue weighted by Gasteiger charge is 2.39. The Morgan fingerprint density at radius 2 is 1.95 bits per heavy atom. The molecule has 0 saturated heterocycles. The number of halogens is 2. The number of benzene rings is 1. The molecule has 106 valence electrons. The van der Waals surface area contributed by atoms with E-state index in [1.807, 2.05) is 0 Å². The fraction of sp³-hybridized carbons (Fsp3) is 0.571.